The van der Waals surface area contributed by atoms with Crippen LogP contribution in [0.5, 0.6) is 0 Å². The van der Waals surface area contributed by atoms with Gasteiger partial charge in [-0.15, -0.1) is 12.4 Å². The van der Waals surface area contributed by atoms with E-state index >= 15 is 0 Å². The van der Waals surface area contributed by atoms with Crippen LogP contribution in [-0.2, 0) is 16.9 Å². The zero-order valence-electron chi connectivity index (χ0n) is 14.7. The first-order chi connectivity index (χ1) is 12.6. The molecule has 9 heteroatoms. The molecule has 0 radical (unpaired) electrons. The molecule has 3 N–H and O–H groups in total. The number of amides is 1. The lowest BCUT2D eigenvalue weighted by Crippen LogP contribution is -2.44. The van der Waals surface area contributed by atoms with E-state index in [1.165, 1.54) is 0 Å². The van der Waals surface area contributed by atoms with E-state index in [9.17, 15) is 4.79 Å². The molecule has 4 rings (SSSR count). The summed E-state index contributed by atoms with van der Waals surface area (Å²) in [6, 6.07) is 7.34. The zero-order chi connectivity index (χ0) is 18.0. The molecule has 1 aromatic carbocycles. The molecule has 8 nitrogen and oxygen atoms in total. The number of nitrogens with two attached hydrogens (primary N) is 1. The van der Waals surface area contributed by atoms with E-state index in [0.717, 1.165) is 24.8 Å². The molecule has 0 spiro atoms. The minimum atomic E-state index is -0.457. The maximum Gasteiger partial charge on any atom is 0.258 e. The van der Waals surface area contributed by atoms with Gasteiger partial charge in [0.15, 0.2) is 5.82 Å². The molecular formula is C18H21ClN6O2. The van der Waals surface area contributed by atoms with Crippen molar-refractivity contribution < 1.29 is 9.32 Å². The lowest BCUT2D eigenvalue weighted by atomic mass is 9.77. The smallest absolute Gasteiger partial charge is 0.258 e. The summed E-state index contributed by atoms with van der Waals surface area (Å²) in [6.45, 7) is 0.580. The Kier molecular flexibility index (Phi) is 5.57. The van der Waals surface area contributed by atoms with Crippen LogP contribution in [0.15, 0.2) is 47.5 Å². The monoisotopic (exact) mass is 388 g/mol. The molecule has 27 heavy (non-hydrogen) atoms. The van der Waals surface area contributed by atoms with Gasteiger partial charge in [-0.25, -0.2) is 4.98 Å². The molecule has 142 valence electrons. The number of imidazole rings is 1. The van der Waals surface area contributed by atoms with Gasteiger partial charge in [0.1, 0.15) is 0 Å². The summed E-state index contributed by atoms with van der Waals surface area (Å²) in [6.07, 6.45) is 8.40. The maximum absolute atomic E-state index is 12.1. The molecule has 0 unspecified atom stereocenters. The highest BCUT2D eigenvalue weighted by atomic mass is 35.5. The van der Waals surface area contributed by atoms with E-state index in [1.54, 1.807) is 12.5 Å². The summed E-state index contributed by atoms with van der Waals surface area (Å²) in [5.74, 6) is 0.886. The van der Waals surface area contributed by atoms with E-state index in [1.807, 2.05) is 35.0 Å². The fourth-order valence-corrected chi connectivity index (χ4v) is 2.93. The molecule has 2 heterocycles. The molecule has 1 saturated carbocycles. The number of hydrogen-bond donors (Lipinski definition) is 2. The standard InChI is InChI=1S/C18H20N6O2.ClH/c19-18(6-2-7-18)17-22-16(26-23-17)13-3-1-4-14(11-13)21-15(25)5-9-24-10-8-20-12-24;/h1,3-4,8,10-12H,2,5-7,9,19H2,(H,21,25);1H. The molecule has 1 aliphatic carbocycles. The average Bonchev–Trinajstić information content (AvgIpc) is 3.30. The quantitative estimate of drug-likeness (QED) is 0.671. The Labute approximate surface area is 162 Å². The molecule has 1 amide bonds. The van der Waals surface area contributed by atoms with Crippen molar-refractivity contribution in [3.8, 4) is 11.5 Å². The SMILES string of the molecule is Cl.NC1(c2noc(-c3cccc(NC(=O)CCn4ccnc4)c3)n2)CCC1. The highest BCUT2D eigenvalue weighted by Gasteiger charge is 2.39. The van der Waals surface area contributed by atoms with E-state index in [0.29, 0.717) is 30.4 Å². The summed E-state index contributed by atoms with van der Waals surface area (Å²) in [7, 11) is 0. The van der Waals surface area contributed by atoms with Crippen molar-refractivity contribution in [1.29, 1.82) is 0 Å². The number of halogens is 1. The summed E-state index contributed by atoms with van der Waals surface area (Å²) in [5, 5.41) is 6.91. The number of hydrogen-bond acceptors (Lipinski definition) is 6. The number of aromatic nitrogens is 4. The minimum absolute atomic E-state index is 0. The topological polar surface area (TPSA) is 112 Å². The largest absolute Gasteiger partial charge is 0.337 e. The molecule has 1 aliphatic rings. The van der Waals surface area contributed by atoms with Gasteiger partial charge in [0.25, 0.3) is 5.89 Å². The van der Waals surface area contributed by atoms with Crippen LogP contribution in [0.2, 0.25) is 0 Å². The number of anilines is 1. The zero-order valence-corrected chi connectivity index (χ0v) is 15.5. The highest BCUT2D eigenvalue weighted by Crippen LogP contribution is 2.37. The summed E-state index contributed by atoms with van der Waals surface area (Å²) < 4.78 is 7.23. The Morgan fingerprint density at radius 2 is 2.22 bits per heavy atom. The molecule has 3 aromatic rings. The van der Waals surface area contributed by atoms with Crippen LogP contribution in [0.3, 0.4) is 0 Å². The number of carbonyl (C=O) groups excluding carboxylic acids is 1. The van der Waals surface area contributed by atoms with E-state index in [2.05, 4.69) is 20.4 Å². The van der Waals surface area contributed by atoms with Gasteiger partial charge < -0.3 is 20.1 Å². The van der Waals surface area contributed by atoms with Crippen molar-refractivity contribution >= 4 is 24.0 Å². The van der Waals surface area contributed by atoms with Crippen molar-refractivity contribution in [3.05, 3.63) is 48.8 Å². The fourth-order valence-electron chi connectivity index (χ4n) is 2.93. The third kappa shape index (κ3) is 4.17. The predicted octanol–water partition coefficient (Wildman–Crippen LogP) is 2.72. The molecule has 0 atom stereocenters. The van der Waals surface area contributed by atoms with Gasteiger partial charge in [0.05, 0.1) is 11.9 Å². The van der Waals surface area contributed by atoms with Crippen LogP contribution in [0.25, 0.3) is 11.5 Å². The average molecular weight is 389 g/mol. The second-order valence-corrected chi connectivity index (χ2v) is 6.61. The molecular weight excluding hydrogens is 368 g/mol. The Bertz CT molecular complexity index is 904. The van der Waals surface area contributed by atoms with E-state index in [4.69, 9.17) is 10.3 Å². The lowest BCUT2D eigenvalue weighted by molar-refractivity contribution is -0.116. The van der Waals surface area contributed by atoms with Gasteiger partial charge in [-0.1, -0.05) is 11.2 Å². The number of rotatable bonds is 6. The first-order valence-electron chi connectivity index (χ1n) is 8.61. The molecule has 0 bridgehead atoms. The van der Waals surface area contributed by atoms with Crippen molar-refractivity contribution in [2.75, 3.05) is 5.32 Å². The maximum atomic E-state index is 12.1. The Hall–Kier alpha value is -2.71. The van der Waals surface area contributed by atoms with Crippen LogP contribution >= 0.6 is 12.4 Å². The summed E-state index contributed by atoms with van der Waals surface area (Å²) in [4.78, 5) is 20.5. The highest BCUT2D eigenvalue weighted by molar-refractivity contribution is 5.91. The van der Waals surface area contributed by atoms with Crippen LogP contribution in [0.4, 0.5) is 5.69 Å². The van der Waals surface area contributed by atoms with Crippen molar-refractivity contribution in [1.82, 2.24) is 19.7 Å². The number of nitrogens with one attached hydrogen (secondary N) is 1. The third-order valence-electron chi connectivity index (χ3n) is 4.67. The summed E-state index contributed by atoms with van der Waals surface area (Å²) >= 11 is 0. The minimum Gasteiger partial charge on any atom is -0.337 e. The number of carbonyl (C=O) groups is 1. The van der Waals surface area contributed by atoms with E-state index in [-0.39, 0.29) is 18.3 Å². The van der Waals surface area contributed by atoms with Crippen LogP contribution in [-0.4, -0.2) is 25.6 Å². The van der Waals surface area contributed by atoms with Gasteiger partial charge in [-0.2, -0.15) is 4.98 Å². The van der Waals surface area contributed by atoms with Gasteiger partial charge >= 0.3 is 0 Å². The Morgan fingerprint density at radius 1 is 1.37 bits per heavy atom. The fraction of sp³-hybridized carbons (Fsp3) is 0.333. The molecule has 0 aliphatic heterocycles. The Morgan fingerprint density at radius 3 is 2.93 bits per heavy atom. The van der Waals surface area contributed by atoms with Gasteiger partial charge in [0.2, 0.25) is 5.91 Å². The van der Waals surface area contributed by atoms with Crippen molar-refractivity contribution in [3.63, 3.8) is 0 Å². The summed E-state index contributed by atoms with van der Waals surface area (Å²) in [5.41, 5.74) is 7.21. The first-order valence-corrected chi connectivity index (χ1v) is 8.61. The lowest BCUT2D eigenvalue weighted by Gasteiger charge is -2.34. The Balaban J connectivity index is 0.00000210. The van der Waals surface area contributed by atoms with Crippen LogP contribution < -0.4 is 11.1 Å². The molecule has 0 saturated heterocycles. The van der Waals surface area contributed by atoms with E-state index < -0.39 is 5.54 Å². The van der Waals surface area contributed by atoms with Gasteiger partial charge in [-0.3, -0.25) is 4.79 Å². The van der Waals surface area contributed by atoms with Gasteiger partial charge in [0, 0.05) is 36.6 Å². The number of aryl methyl sites for hydroxylation is 1. The van der Waals surface area contributed by atoms with Crippen molar-refractivity contribution in [2.45, 2.75) is 37.8 Å². The number of nitrogens with zero attached hydrogens (tertiary/aromatic N) is 4. The van der Waals surface area contributed by atoms with Crippen molar-refractivity contribution in [2.24, 2.45) is 5.73 Å². The van der Waals surface area contributed by atoms with Crippen LogP contribution in [0, 0.1) is 0 Å². The molecule has 1 fully saturated rings. The van der Waals surface area contributed by atoms with Gasteiger partial charge in [-0.05, 0) is 37.5 Å². The first kappa shape index (κ1) is 19.1. The second-order valence-electron chi connectivity index (χ2n) is 6.61. The van der Waals surface area contributed by atoms with Crippen LogP contribution in [0.1, 0.15) is 31.5 Å². The number of benzene rings is 1. The third-order valence-corrected chi connectivity index (χ3v) is 4.67. The second kappa shape index (κ2) is 7.89. The molecule has 2 aromatic heterocycles. The predicted molar refractivity (Wildman–Crippen MR) is 102 cm³/mol. The normalized spacial score (nSPS) is 14.9.